The number of carbonyl (C=O) groups is 1. The molecular weight excluding hydrogens is 420 g/mol. The van der Waals surface area contributed by atoms with Crippen molar-refractivity contribution in [3.63, 3.8) is 0 Å². The molecule has 1 aromatic rings. The number of nitrogens with zero attached hydrogens (tertiary/aromatic N) is 2. The molecule has 0 N–H and O–H groups in total. The Morgan fingerprint density at radius 2 is 1.85 bits per heavy atom. The number of nitro groups is 2. The molecule has 0 spiro atoms. The van der Waals surface area contributed by atoms with Gasteiger partial charge in [0.1, 0.15) is 4.47 Å². The first-order chi connectivity index (χ1) is 12.6. The van der Waals surface area contributed by atoms with E-state index in [0.717, 1.165) is 18.4 Å². The van der Waals surface area contributed by atoms with Gasteiger partial charge in [0, 0.05) is 5.56 Å². The number of esters is 1. The Morgan fingerprint density at radius 1 is 1.22 bits per heavy atom. The van der Waals surface area contributed by atoms with Crippen molar-refractivity contribution in [2.45, 2.75) is 51.4 Å². The Hall–Kier alpha value is -2.03. The normalized spacial score (nSPS) is 29.4. The van der Waals surface area contributed by atoms with Crippen molar-refractivity contribution in [2.75, 3.05) is 7.11 Å². The number of methoxy groups -OCH3 is 1. The fourth-order valence-corrected chi connectivity index (χ4v) is 5.96. The van der Waals surface area contributed by atoms with Gasteiger partial charge in [0.25, 0.3) is 0 Å². The number of nitro benzene ring substituents is 2. The highest BCUT2D eigenvalue weighted by Crippen LogP contribution is 2.59. The van der Waals surface area contributed by atoms with Gasteiger partial charge in [0.05, 0.1) is 22.4 Å². The zero-order chi connectivity index (χ0) is 20.1. The summed E-state index contributed by atoms with van der Waals surface area (Å²) in [6, 6.07) is 1.65. The zero-order valence-electron chi connectivity index (χ0n) is 15.4. The molecule has 0 heterocycles. The van der Waals surface area contributed by atoms with Crippen LogP contribution in [0.2, 0.25) is 0 Å². The summed E-state index contributed by atoms with van der Waals surface area (Å²) in [7, 11) is 1.38. The van der Waals surface area contributed by atoms with E-state index in [1.165, 1.54) is 7.11 Å². The van der Waals surface area contributed by atoms with Crippen LogP contribution < -0.4 is 0 Å². The van der Waals surface area contributed by atoms with E-state index >= 15 is 0 Å². The van der Waals surface area contributed by atoms with Crippen LogP contribution in [0.15, 0.2) is 10.5 Å². The van der Waals surface area contributed by atoms with E-state index in [4.69, 9.17) is 4.74 Å². The van der Waals surface area contributed by atoms with Crippen LogP contribution >= 0.6 is 15.9 Å². The van der Waals surface area contributed by atoms with Gasteiger partial charge in [-0.15, -0.1) is 0 Å². The molecule has 146 valence electrons. The summed E-state index contributed by atoms with van der Waals surface area (Å²) in [5.74, 6) is -0.316. The topological polar surface area (TPSA) is 113 Å². The number of carbonyl (C=O) groups excluding carboxylic acids is 1. The molecule has 0 saturated heterocycles. The van der Waals surface area contributed by atoms with Crippen molar-refractivity contribution >= 4 is 33.3 Å². The van der Waals surface area contributed by atoms with Gasteiger partial charge in [0.2, 0.25) is 0 Å². The molecule has 1 saturated carbocycles. The van der Waals surface area contributed by atoms with E-state index in [2.05, 4.69) is 15.9 Å². The molecule has 2 aliphatic carbocycles. The lowest BCUT2D eigenvalue weighted by molar-refractivity contribution is -0.423. The molecule has 3 atom stereocenters. The van der Waals surface area contributed by atoms with Crippen LogP contribution in [0.5, 0.6) is 0 Å². The van der Waals surface area contributed by atoms with Crippen molar-refractivity contribution in [3.8, 4) is 0 Å². The van der Waals surface area contributed by atoms with Crippen LogP contribution in [0.4, 0.5) is 11.4 Å². The zero-order valence-corrected chi connectivity index (χ0v) is 17.0. The second kappa shape index (κ2) is 6.54. The van der Waals surface area contributed by atoms with Gasteiger partial charge in [0.15, 0.2) is 0 Å². The lowest BCUT2D eigenvalue weighted by Crippen LogP contribution is -2.52. The summed E-state index contributed by atoms with van der Waals surface area (Å²) in [5.41, 5.74) is -0.957. The summed E-state index contributed by atoms with van der Waals surface area (Å²) >= 11 is 3.17. The maximum absolute atomic E-state index is 12.6. The van der Waals surface area contributed by atoms with Gasteiger partial charge in [-0.1, -0.05) is 13.3 Å². The van der Waals surface area contributed by atoms with E-state index in [1.807, 2.05) is 13.8 Å². The van der Waals surface area contributed by atoms with Crippen molar-refractivity contribution in [1.29, 1.82) is 0 Å². The highest BCUT2D eigenvalue weighted by Gasteiger charge is 2.57. The maximum Gasteiger partial charge on any atom is 0.360 e. The average molecular weight is 441 g/mol. The molecule has 2 aliphatic rings. The molecular formula is C18H21BrN2O6. The van der Waals surface area contributed by atoms with E-state index in [9.17, 15) is 25.0 Å². The lowest BCUT2D eigenvalue weighted by Gasteiger charge is -2.53. The smallest absolute Gasteiger partial charge is 0.360 e. The first-order valence-corrected chi connectivity index (χ1v) is 9.60. The van der Waals surface area contributed by atoms with E-state index < -0.39 is 32.1 Å². The molecule has 0 unspecified atom stereocenters. The number of fused-ring (bicyclic) bond motifs is 3. The largest absolute Gasteiger partial charge is 0.469 e. The van der Waals surface area contributed by atoms with Gasteiger partial charge < -0.3 is 4.74 Å². The first-order valence-electron chi connectivity index (χ1n) is 8.81. The number of rotatable bonds is 3. The Kier molecular flexibility index (Phi) is 4.78. The van der Waals surface area contributed by atoms with Crippen molar-refractivity contribution in [2.24, 2.45) is 11.3 Å². The summed E-state index contributed by atoms with van der Waals surface area (Å²) in [6.07, 6.45) is 3.12. The number of hydrogen-bond acceptors (Lipinski definition) is 6. The van der Waals surface area contributed by atoms with Crippen LogP contribution in [0.25, 0.3) is 0 Å². The third-order valence-electron chi connectivity index (χ3n) is 6.58. The van der Waals surface area contributed by atoms with Crippen LogP contribution in [0.3, 0.4) is 0 Å². The first kappa shape index (κ1) is 19.7. The average Bonchev–Trinajstić information content (AvgIpc) is 2.59. The van der Waals surface area contributed by atoms with Gasteiger partial charge in [-0.25, -0.2) is 0 Å². The summed E-state index contributed by atoms with van der Waals surface area (Å²) in [6.45, 7) is 3.92. The van der Waals surface area contributed by atoms with Gasteiger partial charge >= 0.3 is 17.3 Å². The van der Waals surface area contributed by atoms with Gasteiger partial charge in [-0.2, -0.15) is 0 Å². The van der Waals surface area contributed by atoms with Crippen molar-refractivity contribution < 1.29 is 19.4 Å². The van der Waals surface area contributed by atoms with E-state index in [1.54, 1.807) is 6.07 Å². The molecule has 3 rings (SSSR count). The van der Waals surface area contributed by atoms with Crippen LogP contribution in [-0.4, -0.2) is 22.9 Å². The van der Waals surface area contributed by atoms with Crippen molar-refractivity contribution in [3.05, 3.63) is 41.9 Å². The second-order valence-corrected chi connectivity index (χ2v) is 8.72. The molecule has 0 radical (unpaired) electrons. The molecule has 1 fully saturated rings. The number of benzene rings is 1. The maximum atomic E-state index is 12.6. The summed E-state index contributed by atoms with van der Waals surface area (Å²) in [5, 5.41) is 23.1. The standard InChI is InChI=1S/C18H21BrN2O6/c1-17-7-4-8-18(2,16(22)27-3)13(17)6-5-10-11(17)9-12(19)15(21(25)26)14(10)20(23)24/h9,13H,4-8H2,1-3H3/t13-,17-,18-/m1/s1. The minimum absolute atomic E-state index is 0.0494. The third kappa shape index (κ3) is 2.74. The number of halogens is 1. The Labute approximate surface area is 164 Å². The molecule has 0 aliphatic heterocycles. The monoisotopic (exact) mass is 440 g/mol. The number of ether oxygens (including phenoxy) is 1. The van der Waals surface area contributed by atoms with Crippen LogP contribution in [-0.2, 0) is 21.4 Å². The summed E-state index contributed by atoms with van der Waals surface area (Å²) in [4.78, 5) is 34.3. The molecule has 1 aromatic carbocycles. The Bertz CT molecular complexity index is 857. The highest BCUT2D eigenvalue weighted by atomic mass is 79.9. The van der Waals surface area contributed by atoms with Gasteiger partial charge in [-0.3, -0.25) is 25.0 Å². The fourth-order valence-electron chi connectivity index (χ4n) is 5.40. The number of hydrogen-bond donors (Lipinski definition) is 0. The third-order valence-corrected chi connectivity index (χ3v) is 7.18. The minimum Gasteiger partial charge on any atom is -0.469 e. The predicted octanol–water partition coefficient (Wildman–Crippen LogP) is 4.45. The van der Waals surface area contributed by atoms with E-state index in [-0.39, 0.29) is 16.4 Å². The Balaban J connectivity index is 2.26. The molecule has 27 heavy (non-hydrogen) atoms. The molecule has 8 nitrogen and oxygen atoms in total. The fraction of sp³-hybridized carbons (Fsp3) is 0.611. The lowest BCUT2D eigenvalue weighted by atomic mass is 9.49. The predicted molar refractivity (Wildman–Crippen MR) is 101 cm³/mol. The quantitative estimate of drug-likeness (QED) is 0.389. The van der Waals surface area contributed by atoms with Crippen LogP contribution in [0, 0.1) is 31.6 Å². The summed E-state index contributed by atoms with van der Waals surface area (Å²) < 4.78 is 5.17. The molecule has 0 aromatic heterocycles. The van der Waals surface area contributed by atoms with Crippen LogP contribution in [0.1, 0.15) is 50.7 Å². The molecule has 0 bridgehead atoms. The molecule has 9 heteroatoms. The highest BCUT2D eigenvalue weighted by molar-refractivity contribution is 9.10. The van der Waals surface area contributed by atoms with E-state index in [0.29, 0.717) is 24.8 Å². The molecule has 0 amide bonds. The van der Waals surface area contributed by atoms with Gasteiger partial charge in [-0.05, 0) is 71.5 Å². The Morgan fingerprint density at radius 3 is 2.41 bits per heavy atom. The second-order valence-electron chi connectivity index (χ2n) is 7.87. The van der Waals surface area contributed by atoms with Crippen molar-refractivity contribution in [1.82, 2.24) is 0 Å². The SMILES string of the molecule is COC(=O)[C@]1(C)CCC[C@]2(C)c3cc(Br)c([N+](=O)[O-])c([N+](=O)[O-])c3CC[C@@H]12. The minimum atomic E-state index is -0.712.